The molecule has 1 unspecified atom stereocenters. The van der Waals surface area contributed by atoms with Gasteiger partial charge in [-0.2, -0.15) is 0 Å². The third-order valence-corrected chi connectivity index (χ3v) is 2.68. The second-order valence-electron chi connectivity index (χ2n) is 4.16. The number of carbonyl (C=O) groups excluding carboxylic acids is 1. The fourth-order valence-corrected chi connectivity index (χ4v) is 1.84. The molecule has 0 saturated carbocycles. The van der Waals surface area contributed by atoms with Crippen molar-refractivity contribution in [2.75, 3.05) is 6.54 Å². The van der Waals surface area contributed by atoms with Crippen LogP contribution < -0.4 is 5.56 Å². The number of aromatic nitrogens is 1. The highest BCUT2D eigenvalue weighted by Gasteiger charge is 2.22. The Hall–Kier alpha value is -2.31. The van der Waals surface area contributed by atoms with E-state index >= 15 is 0 Å². The van der Waals surface area contributed by atoms with Gasteiger partial charge in [0.15, 0.2) is 5.88 Å². The predicted octanol–water partition coefficient (Wildman–Crippen LogP) is 0.406. The minimum atomic E-state index is -1.01. The lowest BCUT2D eigenvalue weighted by molar-refractivity contribution is -0.138. The Bertz CT molecular complexity index is 537. The number of hydrogen-bond donors (Lipinski definition) is 3. The first-order valence-corrected chi connectivity index (χ1v) is 5.81. The van der Waals surface area contributed by atoms with E-state index in [0.29, 0.717) is 6.54 Å². The minimum absolute atomic E-state index is 0.0281. The highest BCUT2D eigenvalue weighted by atomic mass is 16.4. The first kappa shape index (κ1) is 14.7. The first-order valence-electron chi connectivity index (χ1n) is 5.81. The molecule has 1 aromatic rings. The number of carboxylic acids is 1. The molecule has 0 spiro atoms. The summed E-state index contributed by atoms with van der Waals surface area (Å²) in [5, 5.41) is 18.0. The maximum Gasteiger partial charge on any atom is 0.305 e. The number of hydrogen-bond acceptors (Lipinski definition) is 4. The average molecular weight is 268 g/mol. The van der Waals surface area contributed by atoms with Crippen LogP contribution in [0.2, 0.25) is 0 Å². The molecule has 0 aliphatic carbocycles. The molecule has 1 amide bonds. The monoisotopic (exact) mass is 268 g/mol. The molecule has 1 heterocycles. The summed E-state index contributed by atoms with van der Waals surface area (Å²) in [6.45, 7) is 3.63. The number of rotatable bonds is 5. The van der Waals surface area contributed by atoms with Crippen molar-refractivity contribution in [1.29, 1.82) is 0 Å². The van der Waals surface area contributed by atoms with E-state index in [1.807, 2.05) is 0 Å². The molecule has 0 aliphatic rings. The molecular formula is C12H16N2O5. The van der Waals surface area contributed by atoms with Crippen LogP contribution in [0.15, 0.2) is 16.9 Å². The van der Waals surface area contributed by atoms with E-state index in [4.69, 9.17) is 5.11 Å². The van der Waals surface area contributed by atoms with E-state index in [-0.39, 0.29) is 12.0 Å². The predicted molar refractivity (Wildman–Crippen MR) is 67.2 cm³/mol. The standard InChI is InChI=1S/C12H16N2O5/c1-3-14(7(2)4-11(17)18)12(19)8-5-9(15)13-10(16)6-8/h5-7H,3-4H2,1-2H3,(H,17,18)(H2,13,15,16). The van der Waals surface area contributed by atoms with Crippen molar-refractivity contribution in [3.63, 3.8) is 0 Å². The molecule has 0 radical (unpaired) electrons. The van der Waals surface area contributed by atoms with Crippen molar-refractivity contribution in [2.45, 2.75) is 26.3 Å². The van der Waals surface area contributed by atoms with Gasteiger partial charge in [-0.05, 0) is 13.8 Å². The van der Waals surface area contributed by atoms with Gasteiger partial charge in [0.25, 0.3) is 11.5 Å². The van der Waals surface area contributed by atoms with Gasteiger partial charge < -0.3 is 15.1 Å². The maximum absolute atomic E-state index is 12.2. The van der Waals surface area contributed by atoms with Crippen molar-refractivity contribution in [1.82, 2.24) is 9.88 Å². The zero-order chi connectivity index (χ0) is 14.6. The Labute approximate surface area is 109 Å². The topological polar surface area (TPSA) is 111 Å². The van der Waals surface area contributed by atoms with Crippen LogP contribution in [0, 0.1) is 0 Å². The highest BCUT2D eigenvalue weighted by Crippen LogP contribution is 2.12. The molecule has 1 atom stereocenters. The number of aromatic amines is 1. The van der Waals surface area contributed by atoms with Crippen LogP contribution in [0.25, 0.3) is 0 Å². The molecule has 0 fully saturated rings. The van der Waals surface area contributed by atoms with Crippen molar-refractivity contribution < 1.29 is 19.8 Å². The van der Waals surface area contributed by atoms with Crippen molar-refractivity contribution in [3.05, 3.63) is 28.0 Å². The van der Waals surface area contributed by atoms with E-state index in [0.717, 1.165) is 12.1 Å². The molecule has 1 aromatic heterocycles. The summed E-state index contributed by atoms with van der Waals surface area (Å²) in [5.41, 5.74) is -0.564. The minimum Gasteiger partial charge on any atom is -0.494 e. The van der Waals surface area contributed by atoms with Gasteiger partial charge >= 0.3 is 5.97 Å². The molecule has 19 heavy (non-hydrogen) atoms. The van der Waals surface area contributed by atoms with Gasteiger partial charge in [-0.15, -0.1) is 0 Å². The van der Waals surface area contributed by atoms with E-state index in [2.05, 4.69) is 4.98 Å². The molecule has 104 valence electrons. The van der Waals surface area contributed by atoms with Crippen LogP contribution in [0.5, 0.6) is 5.88 Å². The van der Waals surface area contributed by atoms with Crippen LogP contribution >= 0.6 is 0 Å². The van der Waals surface area contributed by atoms with Gasteiger partial charge in [0.2, 0.25) is 0 Å². The molecule has 1 rings (SSSR count). The lowest BCUT2D eigenvalue weighted by Crippen LogP contribution is -2.40. The maximum atomic E-state index is 12.2. The summed E-state index contributed by atoms with van der Waals surface area (Å²) >= 11 is 0. The lowest BCUT2D eigenvalue weighted by Gasteiger charge is -2.27. The molecule has 7 nitrogen and oxygen atoms in total. The van der Waals surface area contributed by atoms with Crippen molar-refractivity contribution >= 4 is 11.9 Å². The van der Waals surface area contributed by atoms with Crippen LogP contribution in [-0.4, -0.2) is 44.6 Å². The Kier molecular flexibility index (Phi) is 4.68. The number of H-pyrrole nitrogens is 1. The third kappa shape index (κ3) is 3.84. The molecule has 0 saturated heterocycles. The van der Waals surface area contributed by atoms with E-state index in [9.17, 15) is 19.5 Å². The Balaban J connectivity index is 3.01. The van der Waals surface area contributed by atoms with Gasteiger partial charge in [0.1, 0.15) is 0 Å². The lowest BCUT2D eigenvalue weighted by atomic mass is 10.1. The van der Waals surface area contributed by atoms with Gasteiger partial charge in [0.05, 0.1) is 12.0 Å². The van der Waals surface area contributed by atoms with Gasteiger partial charge in [-0.1, -0.05) is 0 Å². The van der Waals surface area contributed by atoms with Crippen molar-refractivity contribution in [3.8, 4) is 5.88 Å². The van der Waals surface area contributed by atoms with Crippen LogP contribution in [0.3, 0.4) is 0 Å². The normalized spacial score (nSPS) is 11.9. The number of aromatic hydroxyl groups is 1. The molecule has 0 aromatic carbocycles. The van der Waals surface area contributed by atoms with Crippen LogP contribution in [0.1, 0.15) is 30.6 Å². The summed E-state index contributed by atoms with van der Waals surface area (Å²) in [4.78, 5) is 37.5. The van der Waals surface area contributed by atoms with Crippen molar-refractivity contribution in [2.24, 2.45) is 0 Å². The van der Waals surface area contributed by atoms with E-state index in [1.165, 1.54) is 4.90 Å². The largest absolute Gasteiger partial charge is 0.494 e. The molecule has 0 bridgehead atoms. The Morgan fingerprint density at radius 3 is 2.53 bits per heavy atom. The summed E-state index contributed by atoms with van der Waals surface area (Å²) in [6, 6.07) is 1.70. The van der Waals surface area contributed by atoms with Crippen LogP contribution in [0.4, 0.5) is 0 Å². The molecule has 0 aliphatic heterocycles. The SMILES string of the molecule is CCN(C(=O)c1cc(O)[nH]c(=O)c1)C(C)CC(=O)O. The van der Waals surface area contributed by atoms with E-state index < -0.39 is 29.4 Å². The van der Waals surface area contributed by atoms with Crippen LogP contribution in [-0.2, 0) is 4.79 Å². The van der Waals surface area contributed by atoms with Gasteiger partial charge in [-0.25, -0.2) is 0 Å². The zero-order valence-electron chi connectivity index (χ0n) is 10.7. The number of carboxylic acid groups (broad SMARTS) is 1. The number of aliphatic carboxylic acids is 1. The Morgan fingerprint density at radius 2 is 2.05 bits per heavy atom. The summed E-state index contributed by atoms with van der Waals surface area (Å²) in [6.07, 6.45) is -0.186. The fourth-order valence-electron chi connectivity index (χ4n) is 1.84. The van der Waals surface area contributed by atoms with Gasteiger partial charge in [-0.3, -0.25) is 19.4 Å². The molecular weight excluding hydrogens is 252 g/mol. The number of amides is 1. The third-order valence-electron chi connectivity index (χ3n) is 2.68. The smallest absolute Gasteiger partial charge is 0.305 e. The second-order valence-corrected chi connectivity index (χ2v) is 4.16. The number of nitrogens with zero attached hydrogens (tertiary/aromatic N) is 1. The summed E-state index contributed by atoms with van der Waals surface area (Å²) < 4.78 is 0. The molecule has 3 N–H and O–H groups in total. The van der Waals surface area contributed by atoms with E-state index in [1.54, 1.807) is 13.8 Å². The first-order chi connectivity index (χ1) is 8.85. The summed E-state index contributed by atoms with van der Waals surface area (Å²) in [7, 11) is 0. The average Bonchev–Trinajstić information content (AvgIpc) is 2.27. The second kappa shape index (κ2) is 6.03. The highest BCUT2D eigenvalue weighted by molar-refractivity contribution is 5.94. The fraction of sp³-hybridized carbons (Fsp3) is 0.417. The van der Waals surface area contributed by atoms with Gasteiger partial charge in [0, 0.05) is 24.7 Å². The number of nitrogens with one attached hydrogen (secondary N) is 1. The number of pyridine rings is 1. The molecule has 7 heteroatoms. The Morgan fingerprint density at radius 1 is 1.42 bits per heavy atom. The number of carbonyl (C=O) groups is 2. The summed E-state index contributed by atoms with van der Waals surface area (Å²) in [5.74, 6) is -1.90. The quantitative estimate of drug-likeness (QED) is 0.716. The zero-order valence-corrected chi connectivity index (χ0v) is 10.7.